The van der Waals surface area contributed by atoms with Crippen LogP contribution in [-0.4, -0.2) is 49.5 Å². The second kappa shape index (κ2) is 8.05. The van der Waals surface area contributed by atoms with Crippen molar-refractivity contribution in [2.75, 3.05) is 6.54 Å². The number of alkyl halides is 7. The van der Waals surface area contributed by atoms with E-state index >= 15 is 0 Å². The van der Waals surface area contributed by atoms with Crippen molar-refractivity contribution in [2.24, 2.45) is 0 Å². The fourth-order valence-electron chi connectivity index (χ4n) is 5.28. The molecule has 36 heavy (non-hydrogen) atoms. The number of amides is 1. The van der Waals surface area contributed by atoms with Gasteiger partial charge in [0.05, 0.1) is 10.9 Å². The maximum atomic E-state index is 14.7. The lowest BCUT2D eigenvalue weighted by Crippen LogP contribution is -2.52. The molecule has 0 aromatic heterocycles. The Morgan fingerprint density at radius 3 is 2.08 bits per heavy atom. The molecule has 1 saturated heterocycles. The zero-order chi connectivity index (χ0) is 26.9. The highest BCUT2D eigenvalue weighted by molar-refractivity contribution is 7.92. The van der Waals surface area contributed by atoms with Crippen molar-refractivity contribution >= 4 is 15.9 Å². The molecule has 2 atom stereocenters. The van der Waals surface area contributed by atoms with Crippen LogP contribution in [0.2, 0.25) is 0 Å². The number of carbonyl (C=O) groups is 1. The maximum absolute atomic E-state index is 14.7. The standard InChI is InChI=1S/C22H17F8NO4S/c23-14-3-5-15(6-4-14)36(34,35)19-9-10-31(18(32)33)17(19)8-1-12-11-13(2-7-16(12)19)20(24,21(25,26)27)22(28,29)30/h2-7,11,17H,1,8-10H2,(H,32,33)/t17-,19-/m1/s1. The molecule has 0 saturated carbocycles. The molecule has 0 radical (unpaired) electrons. The molecule has 1 N–H and O–H groups in total. The van der Waals surface area contributed by atoms with Gasteiger partial charge in [0.25, 0.3) is 0 Å². The Hall–Kier alpha value is -2.90. The molecule has 1 amide bonds. The van der Waals surface area contributed by atoms with Crippen LogP contribution in [0.3, 0.4) is 0 Å². The number of fused-ring (bicyclic) bond motifs is 3. The van der Waals surface area contributed by atoms with Crippen LogP contribution in [0.15, 0.2) is 47.4 Å². The highest BCUT2D eigenvalue weighted by atomic mass is 32.2. The number of rotatable bonds is 3. The van der Waals surface area contributed by atoms with E-state index in [-0.39, 0.29) is 43.0 Å². The van der Waals surface area contributed by atoms with Crippen LogP contribution in [0.4, 0.5) is 39.9 Å². The molecule has 2 aliphatic rings. The van der Waals surface area contributed by atoms with E-state index in [2.05, 4.69) is 0 Å². The second-order valence-electron chi connectivity index (χ2n) is 8.65. The highest BCUT2D eigenvalue weighted by Gasteiger charge is 2.73. The molecule has 1 aliphatic carbocycles. The zero-order valence-electron chi connectivity index (χ0n) is 18.0. The third kappa shape index (κ3) is 3.47. The minimum absolute atomic E-state index is 0.220. The molecule has 4 rings (SSSR count). The third-order valence-electron chi connectivity index (χ3n) is 6.92. The third-order valence-corrected chi connectivity index (χ3v) is 9.46. The minimum atomic E-state index is -6.36. The van der Waals surface area contributed by atoms with Crippen LogP contribution >= 0.6 is 0 Å². The van der Waals surface area contributed by atoms with Gasteiger partial charge in [-0.25, -0.2) is 22.0 Å². The van der Waals surface area contributed by atoms with Gasteiger partial charge in [-0.3, -0.25) is 0 Å². The van der Waals surface area contributed by atoms with Gasteiger partial charge in [0.1, 0.15) is 10.6 Å². The van der Waals surface area contributed by atoms with E-state index in [1.807, 2.05) is 0 Å². The first-order valence-electron chi connectivity index (χ1n) is 10.4. The molecule has 14 heteroatoms. The first-order valence-corrected chi connectivity index (χ1v) is 11.9. The van der Waals surface area contributed by atoms with Gasteiger partial charge < -0.3 is 10.0 Å². The number of halogens is 8. The maximum Gasteiger partial charge on any atom is 0.435 e. The Bertz CT molecular complexity index is 1290. The summed E-state index contributed by atoms with van der Waals surface area (Å²) in [5.74, 6) is -0.770. The van der Waals surface area contributed by atoms with Crippen molar-refractivity contribution in [3.63, 3.8) is 0 Å². The molecule has 0 bridgehead atoms. The lowest BCUT2D eigenvalue weighted by atomic mass is 9.77. The molecule has 2 aromatic carbocycles. The van der Waals surface area contributed by atoms with Gasteiger partial charge in [0, 0.05) is 12.1 Å². The van der Waals surface area contributed by atoms with Crippen molar-refractivity contribution < 1.29 is 53.4 Å². The molecule has 5 nitrogen and oxygen atoms in total. The predicted molar refractivity (Wildman–Crippen MR) is 108 cm³/mol. The summed E-state index contributed by atoms with van der Waals surface area (Å²) >= 11 is 0. The fourth-order valence-corrected chi connectivity index (χ4v) is 7.65. The number of hydrogen-bond acceptors (Lipinski definition) is 3. The summed E-state index contributed by atoms with van der Waals surface area (Å²) in [4.78, 5) is 12.2. The summed E-state index contributed by atoms with van der Waals surface area (Å²) in [5.41, 5.74) is -7.97. The van der Waals surface area contributed by atoms with E-state index in [4.69, 9.17) is 0 Å². The fraction of sp³-hybridized carbons (Fsp3) is 0.409. The molecule has 0 unspecified atom stereocenters. The lowest BCUT2D eigenvalue weighted by Gasteiger charge is -2.42. The molecule has 1 heterocycles. The summed E-state index contributed by atoms with van der Waals surface area (Å²) in [7, 11) is -4.57. The number of benzene rings is 2. The Morgan fingerprint density at radius 2 is 1.56 bits per heavy atom. The zero-order valence-corrected chi connectivity index (χ0v) is 18.8. The van der Waals surface area contributed by atoms with Gasteiger partial charge in [-0.1, -0.05) is 18.2 Å². The van der Waals surface area contributed by atoms with Crippen molar-refractivity contribution in [3.05, 3.63) is 65.0 Å². The number of sulfone groups is 1. The SMILES string of the molecule is O=C(O)N1CC[C@@]2(S(=O)(=O)c3ccc(F)cc3)c3ccc(C(F)(C(F)(F)F)C(F)(F)F)cc3CC[C@@H]12. The first-order chi connectivity index (χ1) is 16.5. The van der Waals surface area contributed by atoms with Gasteiger partial charge in [-0.05, 0) is 54.7 Å². The molecular formula is C22H17F8NO4S. The Morgan fingerprint density at radius 1 is 0.972 bits per heavy atom. The average molecular weight is 543 g/mol. The van der Waals surface area contributed by atoms with Gasteiger partial charge >= 0.3 is 24.1 Å². The number of hydrogen-bond donors (Lipinski definition) is 1. The number of likely N-dealkylation sites (tertiary alicyclic amines) is 1. The minimum Gasteiger partial charge on any atom is -0.465 e. The van der Waals surface area contributed by atoms with E-state index < -0.39 is 61.0 Å². The van der Waals surface area contributed by atoms with Crippen molar-refractivity contribution in [3.8, 4) is 0 Å². The smallest absolute Gasteiger partial charge is 0.435 e. The van der Waals surface area contributed by atoms with Crippen molar-refractivity contribution in [2.45, 2.75) is 53.0 Å². The molecule has 2 aromatic rings. The van der Waals surface area contributed by atoms with E-state index in [9.17, 15) is 53.4 Å². The van der Waals surface area contributed by atoms with Crippen LogP contribution in [0.25, 0.3) is 0 Å². The average Bonchev–Trinajstić information content (AvgIpc) is 3.19. The van der Waals surface area contributed by atoms with Crippen LogP contribution in [0.1, 0.15) is 29.5 Å². The summed E-state index contributed by atoms with van der Waals surface area (Å²) < 4.78 is 134. The van der Waals surface area contributed by atoms with Crippen LogP contribution in [0.5, 0.6) is 0 Å². The monoisotopic (exact) mass is 543 g/mol. The second-order valence-corrected chi connectivity index (χ2v) is 10.9. The number of aryl methyl sites for hydroxylation is 1. The Labute approximate surface area is 199 Å². The van der Waals surface area contributed by atoms with Gasteiger partial charge in [-0.15, -0.1) is 0 Å². The van der Waals surface area contributed by atoms with Crippen molar-refractivity contribution in [1.82, 2.24) is 4.90 Å². The Kier molecular flexibility index (Phi) is 5.85. The van der Waals surface area contributed by atoms with Gasteiger partial charge in [0.15, 0.2) is 9.84 Å². The van der Waals surface area contributed by atoms with E-state index in [0.717, 1.165) is 29.2 Å². The molecule has 1 fully saturated rings. The van der Waals surface area contributed by atoms with Crippen molar-refractivity contribution in [1.29, 1.82) is 0 Å². The summed E-state index contributed by atoms with van der Waals surface area (Å²) in [5, 5.41) is 9.60. The topological polar surface area (TPSA) is 74.7 Å². The van der Waals surface area contributed by atoms with Crippen LogP contribution in [0, 0.1) is 5.82 Å². The normalized spacial score (nSPS) is 22.8. The highest BCUT2D eigenvalue weighted by Crippen LogP contribution is 2.56. The quantitative estimate of drug-likeness (QED) is 0.411. The molecule has 0 spiro atoms. The van der Waals surface area contributed by atoms with Gasteiger partial charge in [-0.2, -0.15) is 26.3 Å². The largest absolute Gasteiger partial charge is 0.465 e. The summed E-state index contributed by atoms with van der Waals surface area (Å²) in [6.45, 7) is -0.292. The number of carboxylic acid groups (broad SMARTS) is 1. The van der Waals surface area contributed by atoms with Gasteiger partial charge in [0.2, 0.25) is 0 Å². The van der Waals surface area contributed by atoms with E-state index in [1.54, 1.807) is 0 Å². The molecular weight excluding hydrogens is 526 g/mol. The first kappa shape index (κ1) is 26.2. The van der Waals surface area contributed by atoms with Crippen LogP contribution < -0.4 is 0 Å². The predicted octanol–water partition coefficient (Wildman–Crippen LogP) is 5.48. The van der Waals surface area contributed by atoms with Crippen LogP contribution in [-0.2, 0) is 26.7 Å². The molecule has 196 valence electrons. The Balaban J connectivity index is 1.97. The van der Waals surface area contributed by atoms with E-state index in [1.165, 1.54) is 0 Å². The molecule has 1 aliphatic heterocycles. The van der Waals surface area contributed by atoms with E-state index in [0.29, 0.717) is 12.1 Å². The summed E-state index contributed by atoms with van der Waals surface area (Å²) in [6.07, 6.45) is -15.1. The number of nitrogens with zero attached hydrogens (tertiary/aromatic N) is 1. The summed E-state index contributed by atoms with van der Waals surface area (Å²) in [6, 6.07) is 3.59. The lowest BCUT2D eigenvalue weighted by molar-refractivity contribution is -0.348.